The van der Waals surface area contributed by atoms with E-state index in [9.17, 15) is 22.8 Å². The summed E-state index contributed by atoms with van der Waals surface area (Å²) in [7, 11) is 0. The van der Waals surface area contributed by atoms with Crippen molar-refractivity contribution in [2.45, 2.75) is 13.1 Å². The summed E-state index contributed by atoms with van der Waals surface area (Å²) in [4.78, 5) is 23.9. The van der Waals surface area contributed by atoms with E-state index < -0.39 is 24.6 Å². The predicted octanol–water partition coefficient (Wildman–Crippen LogP) is 3.39. The highest BCUT2D eigenvalue weighted by atomic mass is 19.4. The number of carbonyl (C=O) groups is 2. The molecule has 2 amide bonds. The van der Waals surface area contributed by atoms with Crippen LogP contribution in [0.3, 0.4) is 0 Å². The summed E-state index contributed by atoms with van der Waals surface area (Å²) in [6, 6.07) is 11.9. The number of amides is 2. The third-order valence-corrected chi connectivity index (χ3v) is 3.38. The molecule has 0 aliphatic heterocycles. The van der Waals surface area contributed by atoms with Crippen LogP contribution in [0, 0.1) is 0 Å². The van der Waals surface area contributed by atoms with Crippen LogP contribution in [-0.4, -0.2) is 37.7 Å². The minimum absolute atomic E-state index is 0.0270. The van der Waals surface area contributed by atoms with E-state index in [-0.39, 0.29) is 12.3 Å². The second-order valence-corrected chi connectivity index (χ2v) is 5.62. The molecular formula is C19H19F3N2O4. The normalized spacial score (nSPS) is 10.9. The zero-order valence-corrected chi connectivity index (χ0v) is 15.0. The fourth-order valence-electron chi connectivity index (χ4n) is 2.14. The number of carbonyl (C=O) groups excluding carboxylic acids is 2. The zero-order chi connectivity index (χ0) is 20.6. The highest BCUT2D eigenvalue weighted by Crippen LogP contribution is 2.20. The van der Waals surface area contributed by atoms with Gasteiger partial charge in [-0.05, 0) is 55.5 Å². The lowest BCUT2D eigenvalue weighted by Gasteiger charge is -2.10. The van der Waals surface area contributed by atoms with Crippen molar-refractivity contribution in [2.75, 3.05) is 25.1 Å². The van der Waals surface area contributed by atoms with Crippen LogP contribution in [0.5, 0.6) is 11.5 Å². The highest BCUT2D eigenvalue weighted by Gasteiger charge is 2.28. The molecule has 0 saturated heterocycles. The molecule has 150 valence electrons. The van der Waals surface area contributed by atoms with Gasteiger partial charge in [0, 0.05) is 11.3 Å². The maximum Gasteiger partial charge on any atom is 0.422 e. The Morgan fingerprint density at radius 1 is 0.929 bits per heavy atom. The van der Waals surface area contributed by atoms with Crippen LogP contribution in [0.1, 0.15) is 17.3 Å². The van der Waals surface area contributed by atoms with Gasteiger partial charge in [0.15, 0.2) is 6.61 Å². The molecule has 2 N–H and O–H groups in total. The molecule has 2 aromatic carbocycles. The molecule has 0 aromatic heterocycles. The van der Waals surface area contributed by atoms with Gasteiger partial charge in [0.05, 0.1) is 13.2 Å². The molecule has 0 spiro atoms. The molecule has 0 atom stereocenters. The molecule has 6 nitrogen and oxygen atoms in total. The fraction of sp³-hybridized carbons (Fsp3) is 0.263. The summed E-state index contributed by atoms with van der Waals surface area (Å²) < 4.78 is 46.2. The van der Waals surface area contributed by atoms with Gasteiger partial charge in [-0.15, -0.1) is 0 Å². The maximum absolute atomic E-state index is 12.1. The molecule has 0 unspecified atom stereocenters. The lowest BCUT2D eigenvalue weighted by molar-refractivity contribution is -0.153. The van der Waals surface area contributed by atoms with E-state index in [4.69, 9.17) is 4.74 Å². The van der Waals surface area contributed by atoms with Gasteiger partial charge in [0.1, 0.15) is 11.5 Å². The van der Waals surface area contributed by atoms with Crippen LogP contribution in [0.15, 0.2) is 48.5 Å². The van der Waals surface area contributed by atoms with Crippen LogP contribution in [-0.2, 0) is 4.79 Å². The van der Waals surface area contributed by atoms with Gasteiger partial charge >= 0.3 is 6.18 Å². The van der Waals surface area contributed by atoms with E-state index in [2.05, 4.69) is 15.4 Å². The third-order valence-electron chi connectivity index (χ3n) is 3.38. The molecule has 0 bridgehead atoms. The third kappa shape index (κ3) is 7.18. The molecule has 0 aliphatic rings. The maximum atomic E-state index is 12.1. The second kappa shape index (κ2) is 9.63. The van der Waals surface area contributed by atoms with Crippen molar-refractivity contribution in [3.63, 3.8) is 0 Å². The van der Waals surface area contributed by atoms with Gasteiger partial charge in [-0.2, -0.15) is 13.2 Å². The fourth-order valence-corrected chi connectivity index (χ4v) is 2.14. The van der Waals surface area contributed by atoms with Crippen molar-refractivity contribution in [3.05, 3.63) is 54.1 Å². The molecular weight excluding hydrogens is 377 g/mol. The van der Waals surface area contributed by atoms with Gasteiger partial charge in [-0.3, -0.25) is 9.59 Å². The van der Waals surface area contributed by atoms with Gasteiger partial charge in [0.2, 0.25) is 5.91 Å². The first-order valence-corrected chi connectivity index (χ1v) is 8.37. The van der Waals surface area contributed by atoms with Crippen LogP contribution >= 0.6 is 0 Å². The first-order chi connectivity index (χ1) is 13.3. The van der Waals surface area contributed by atoms with Crippen LogP contribution in [0.25, 0.3) is 0 Å². The summed E-state index contributed by atoms with van der Waals surface area (Å²) in [5.41, 5.74) is 0.738. The number of benzene rings is 2. The van der Waals surface area contributed by atoms with Crippen LogP contribution < -0.4 is 20.1 Å². The van der Waals surface area contributed by atoms with Gasteiger partial charge in [0.25, 0.3) is 5.91 Å². The number of alkyl halides is 3. The Morgan fingerprint density at radius 3 is 2.07 bits per heavy atom. The van der Waals surface area contributed by atoms with Crippen LogP contribution in [0.2, 0.25) is 0 Å². The predicted molar refractivity (Wildman–Crippen MR) is 96.6 cm³/mol. The molecule has 0 fully saturated rings. The molecule has 0 saturated carbocycles. The lowest BCUT2D eigenvalue weighted by Crippen LogP contribution is -2.32. The summed E-state index contributed by atoms with van der Waals surface area (Å²) in [5, 5.41) is 5.00. The molecule has 2 aromatic rings. The van der Waals surface area contributed by atoms with Gasteiger partial charge < -0.3 is 20.1 Å². The quantitative estimate of drug-likeness (QED) is 0.717. The zero-order valence-electron chi connectivity index (χ0n) is 15.0. The number of halogens is 3. The molecule has 28 heavy (non-hydrogen) atoms. The number of rotatable bonds is 8. The molecule has 0 radical (unpaired) electrons. The topological polar surface area (TPSA) is 76.7 Å². The number of hydrogen-bond acceptors (Lipinski definition) is 4. The molecule has 0 aliphatic carbocycles. The van der Waals surface area contributed by atoms with Crippen molar-refractivity contribution in [3.8, 4) is 11.5 Å². The van der Waals surface area contributed by atoms with Crippen molar-refractivity contribution < 1.29 is 32.2 Å². The van der Waals surface area contributed by atoms with Gasteiger partial charge in [-0.25, -0.2) is 0 Å². The van der Waals surface area contributed by atoms with E-state index in [1.54, 1.807) is 24.3 Å². The smallest absolute Gasteiger partial charge is 0.422 e. The summed E-state index contributed by atoms with van der Waals surface area (Å²) in [6.07, 6.45) is -4.42. The average molecular weight is 396 g/mol. The van der Waals surface area contributed by atoms with Crippen molar-refractivity contribution in [1.82, 2.24) is 5.32 Å². The first-order valence-electron chi connectivity index (χ1n) is 8.37. The Labute approximate surface area is 159 Å². The van der Waals surface area contributed by atoms with Crippen molar-refractivity contribution >= 4 is 17.5 Å². The van der Waals surface area contributed by atoms with Gasteiger partial charge in [-0.1, -0.05) is 0 Å². The summed E-state index contributed by atoms with van der Waals surface area (Å²) in [6.45, 7) is 0.706. The minimum Gasteiger partial charge on any atom is -0.494 e. The Morgan fingerprint density at radius 2 is 1.50 bits per heavy atom. The monoisotopic (exact) mass is 396 g/mol. The molecule has 2 rings (SSSR count). The first kappa shape index (κ1) is 21.1. The molecule has 0 heterocycles. The number of ether oxygens (including phenoxy) is 2. The van der Waals surface area contributed by atoms with Crippen molar-refractivity contribution in [1.29, 1.82) is 0 Å². The Balaban J connectivity index is 1.79. The Bertz CT molecular complexity index is 790. The van der Waals surface area contributed by atoms with E-state index >= 15 is 0 Å². The molecule has 9 heteroatoms. The standard InChI is InChI=1S/C19H19F3N2O4/c1-2-27-15-7-3-13(4-8-15)18(26)23-11-17(25)24-14-5-9-16(10-6-14)28-12-19(20,21)22/h3-10H,2,11-12H2,1H3,(H,23,26)(H,24,25). The van der Waals surface area contributed by atoms with E-state index in [1.807, 2.05) is 6.92 Å². The average Bonchev–Trinajstić information content (AvgIpc) is 2.66. The Hall–Kier alpha value is -3.23. The SMILES string of the molecule is CCOc1ccc(C(=O)NCC(=O)Nc2ccc(OCC(F)(F)F)cc2)cc1. The minimum atomic E-state index is -4.42. The largest absolute Gasteiger partial charge is 0.494 e. The summed E-state index contributed by atoms with van der Waals surface area (Å²) in [5.74, 6) is -0.240. The lowest BCUT2D eigenvalue weighted by atomic mass is 10.2. The van der Waals surface area contributed by atoms with E-state index in [0.717, 1.165) is 0 Å². The number of anilines is 1. The van der Waals surface area contributed by atoms with Crippen LogP contribution in [0.4, 0.5) is 18.9 Å². The summed E-state index contributed by atoms with van der Waals surface area (Å²) >= 11 is 0. The number of nitrogens with one attached hydrogen (secondary N) is 2. The Kier molecular flexibility index (Phi) is 7.25. The highest BCUT2D eigenvalue weighted by molar-refractivity contribution is 5.99. The van der Waals surface area contributed by atoms with E-state index in [0.29, 0.717) is 23.6 Å². The number of hydrogen-bond donors (Lipinski definition) is 2. The van der Waals surface area contributed by atoms with Crippen molar-refractivity contribution in [2.24, 2.45) is 0 Å². The second-order valence-electron chi connectivity index (χ2n) is 5.62. The van der Waals surface area contributed by atoms with E-state index in [1.165, 1.54) is 24.3 Å².